The van der Waals surface area contributed by atoms with Crippen molar-refractivity contribution in [2.75, 3.05) is 36.4 Å². The van der Waals surface area contributed by atoms with Gasteiger partial charge in [-0.25, -0.2) is 15.0 Å². The van der Waals surface area contributed by atoms with Crippen molar-refractivity contribution in [3.05, 3.63) is 43.0 Å². The maximum absolute atomic E-state index is 12.6. The lowest BCUT2D eigenvalue weighted by Crippen LogP contribution is -2.52. The van der Waals surface area contributed by atoms with Crippen molar-refractivity contribution in [2.24, 2.45) is 5.41 Å². The average Bonchev–Trinajstić information content (AvgIpc) is 2.92. The number of nitrogens with one attached hydrogen (secondary N) is 1. The fourth-order valence-electron chi connectivity index (χ4n) is 4.06. The molecule has 2 aliphatic heterocycles. The maximum atomic E-state index is 12.6. The molecule has 0 aromatic carbocycles. The molecule has 0 aliphatic carbocycles. The molecule has 3 aromatic heterocycles. The van der Waals surface area contributed by atoms with Crippen LogP contribution in [0.3, 0.4) is 0 Å². The lowest BCUT2D eigenvalue weighted by atomic mass is 9.94. The first-order valence-electron chi connectivity index (χ1n) is 10.5. The first kappa shape index (κ1) is 19.4. The molecule has 1 fully saturated rings. The van der Waals surface area contributed by atoms with Gasteiger partial charge in [0.1, 0.15) is 5.82 Å². The molecule has 1 saturated heterocycles. The zero-order valence-electron chi connectivity index (χ0n) is 18.0. The predicted octanol–water partition coefficient (Wildman–Crippen LogP) is 3.35. The number of anilines is 3. The molecule has 31 heavy (non-hydrogen) atoms. The highest BCUT2D eigenvalue weighted by atomic mass is 16.2. The van der Waals surface area contributed by atoms with Gasteiger partial charge in [-0.05, 0) is 18.2 Å². The second-order valence-corrected chi connectivity index (χ2v) is 8.91. The fourth-order valence-corrected chi connectivity index (χ4v) is 4.06. The topological polar surface area (TPSA) is 87.1 Å². The van der Waals surface area contributed by atoms with E-state index in [-0.39, 0.29) is 11.3 Å². The van der Waals surface area contributed by atoms with Gasteiger partial charge in [0.25, 0.3) is 0 Å². The van der Waals surface area contributed by atoms with Gasteiger partial charge in [-0.2, -0.15) is 0 Å². The molecule has 8 heteroatoms. The SMILES string of the molecule is CC(C)(C)C(=O)N1CCN(c2ncc3c(n2)-c2cccnc2Nc2cnccc2-3)CC1. The largest absolute Gasteiger partial charge is 0.339 e. The number of amides is 1. The number of pyridine rings is 2. The van der Waals surface area contributed by atoms with E-state index in [2.05, 4.69) is 20.2 Å². The number of hydrogen-bond donors (Lipinski definition) is 1. The van der Waals surface area contributed by atoms with Crippen LogP contribution in [0.4, 0.5) is 17.5 Å². The van der Waals surface area contributed by atoms with Crippen molar-refractivity contribution in [3.63, 3.8) is 0 Å². The predicted molar refractivity (Wildman–Crippen MR) is 120 cm³/mol. The monoisotopic (exact) mass is 415 g/mol. The lowest BCUT2D eigenvalue weighted by molar-refractivity contribution is -0.139. The average molecular weight is 416 g/mol. The minimum atomic E-state index is -0.366. The van der Waals surface area contributed by atoms with Crippen molar-refractivity contribution in [1.29, 1.82) is 0 Å². The first-order chi connectivity index (χ1) is 14.9. The van der Waals surface area contributed by atoms with Gasteiger partial charge in [0.05, 0.1) is 17.6 Å². The van der Waals surface area contributed by atoms with Crippen LogP contribution in [-0.2, 0) is 4.79 Å². The summed E-state index contributed by atoms with van der Waals surface area (Å²) in [6, 6.07) is 5.90. The Bertz CT molecular complexity index is 1150. The first-order valence-corrected chi connectivity index (χ1v) is 10.5. The maximum Gasteiger partial charge on any atom is 0.228 e. The fraction of sp³-hybridized carbons (Fsp3) is 0.348. The van der Waals surface area contributed by atoms with Gasteiger partial charge < -0.3 is 15.1 Å². The van der Waals surface area contributed by atoms with Crippen LogP contribution in [-0.4, -0.2) is 56.9 Å². The Balaban J connectivity index is 1.49. The van der Waals surface area contributed by atoms with Crippen LogP contribution >= 0.6 is 0 Å². The molecule has 0 atom stereocenters. The minimum Gasteiger partial charge on any atom is -0.339 e. The molecular formula is C23H25N7O. The Morgan fingerprint density at radius 2 is 1.77 bits per heavy atom. The van der Waals surface area contributed by atoms with E-state index in [1.54, 1.807) is 18.6 Å². The van der Waals surface area contributed by atoms with Crippen molar-refractivity contribution in [2.45, 2.75) is 20.8 Å². The highest BCUT2D eigenvalue weighted by Crippen LogP contribution is 2.42. The Morgan fingerprint density at radius 1 is 0.968 bits per heavy atom. The number of nitrogens with zero attached hydrogens (tertiary/aromatic N) is 6. The van der Waals surface area contributed by atoms with E-state index in [1.807, 2.05) is 50.1 Å². The Morgan fingerprint density at radius 3 is 2.55 bits per heavy atom. The third-order valence-electron chi connectivity index (χ3n) is 5.69. The summed E-state index contributed by atoms with van der Waals surface area (Å²) in [7, 11) is 0. The van der Waals surface area contributed by atoms with Crippen LogP contribution in [0.15, 0.2) is 43.0 Å². The van der Waals surface area contributed by atoms with E-state index < -0.39 is 0 Å². The number of carbonyl (C=O) groups is 1. The number of piperazine rings is 1. The molecule has 3 aromatic rings. The van der Waals surface area contributed by atoms with Crippen molar-refractivity contribution >= 4 is 23.4 Å². The molecule has 0 unspecified atom stereocenters. The van der Waals surface area contributed by atoms with E-state index in [9.17, 15) is 4.79 Å². The summed E-state index contributed by atoms with van der Waals surface area (Å²) in [5, 5.41) is 3.38. The Labute approximate surface area is 181 Å². The van der Waals surface area contributed by atoms with Crippen molar-refractivity contribution in [3.8, 4) is 22.4 Å². The summed E-state index contributed by atoms with van der Waals surface area (Å²) < 4.78 is 0. The third-order valence-corrected chi connectivity index (χ3v) is 5.69. The van der Waals surface area contributed by atoms with Crippen LogP contribution in [0, 0.1) is 5.41 Å². The normalized spacial score (nSPS) is 15.3. The summed E-state index contributed by atoms with van der Waals surface area (Å²) in [5.41, 5.74) is 4.23. The summed E-state index contributed by atoms with van der Waals surface area (Å²) in [6.45, 7) is 8.65. The van der Waals surface area contributed by atoms with Gasteiger partial charge in [0.2, 0.25) is 11.9 Å². The number of carbonyl (C=O) groups excluding carboxylic acids is 1. The van der Waals surface area contributed by atoms with Crippen LogP contribution in [0.1, 0.15) is 20.8 Å². The molecule has 0 saturated carbocycles. The molecule has 0 spiro atoms. The highest BCUT2D eigenvalue weighted by Gasteiger charge is 2.31. The molecule has 1 N–H and O–H groups in total. The van der Waals surface area contributed by atoms with Crippen LogP contribution in [0.2, 0.25) is 0 Å². The number of rotatable bonds is 1. The van der Waals surface area contributed by atoms with Crippen molar-refractivity contribution in [1.82, 2.24) is 24.8 Å². The standard InChI is InChI=1S/C23H25N7O/c1-23(2,3)21(31)29-9-11-30(12-10-29)22-26-13-17-15-6-8-24-14-18(15)27-20-16(19(17)28-22)5-4-7-25-20/h4-8,13-14H,9-12H2,1-3H3,(H,25,27). The molecule has 2 aliphatic rings. The molecule has 0 radical (unpaired) electrons. The Hall–Kier alpha value is -3.55. The molecule has 1 amide bonds. The van der Waals surface area contributed by atoms with Crippen LogP contribution in [0.5, 0.6) is 0 Å². The smallest absolute Gasteiger partial charge is 0.228 e. The molecule has 5 rings (SSSR count). The van der Waals surface area contributed by atoms with E-state index >= 15 is 0 Å². The zero-order chi connectivity index (χ0) is 21.6. The summed E-state index contributed by atoms with van der Waals surface area (Å²) in [4.78, 5) is 35.1. The van der Waals surface area contributed by atoms with Gasteiger partial charge >= 0.3 is 0 Å². The molecule has 5 heterocycles. The third kappa shape index (κ3) is 3.48. The van der Waals surface area contributed by atoms with E-state index in [0.717, 1.165) is 33.9 Å². The van der Waals surface area contributed by atoms with E-state index in [4.69, 9.17) is 9.97 Å². The van der Waals surface area contributed by atoms with Gasteiger partial charge in [0, 0.05) is 66.9 Å². The Kier molecular flexibility index (Phi) is 4.57. The zero-order valence-corrected chi connectivity index (χ0v) is 18.0. The quantitative estimate of drug-likeness (QED) is 0.510. The van der Waals surface area contributed by atoms with Crippen LogP contribution in [0.25, 0.3) is 22.4 Å². The summed E-state index contributed by atoms with van der Waals surface area (Å²) in [6.07, 6.45) is 7.21. The summed E-state index contributed by atoms with van der Waals surface area (Å²) in [5.74, 6) is 1.61. The van der Waals surface area contributed by atoms with Gasteiger partial charge in [0.15, 0.2) is 0 Å². The van der Waals surface area contributed by atoms with Gasteiger partial charge in [-0.1, -0.05) is 20.8 Å². The molecular weight excluding hydrogens is 390 g/mol. The summed E-state index contributed by atoms with van der Waals surface area (Å²) >= 11 is 0. The number of hydrogen-bond acceptors (Lipinski definition) is 7. The minimum absolute atomic E-state index is 0.186. The molecule has 0 bridgehead atoms. The van der Waals surface area contributed by atoms with E-state index in [1.165, 1.54) is 0 Å². The second kappa shape index (κ2) is 7.30. The number of fused-ring (bicyclic) bond motifs is 5. The van der Waals surface area contributed by atoms with E-state index in [0.29, 0.717) is 32.1 Å². The second-order valence-electron chi connectivity index (χ2n) is 8.91. The van der Waals surface area contributed by atoms with Crippen LogP contribution < -0.4 is 10.2 Å². The van der Waals surface area contributed by atoms with Crippen molar-refractivity contribution < 1.29 is 4.79 Å². The molecule has 8 nitrogen and oxygen atoms in total. The number of aromatic nitrogens is 4. The highest BCUT2D eigenvalue weighted by molar-refractivity contribution is 5.95. The van der Waals surface area contributed by atoms with Gasteiger partial charge in [-0.3, -0.25) is 9.78 Å². The van der Waals surface area contributed by atoms with Gasteiger partial charge in [-0.15, -0.1) is 0 Å². The lowest BCUT2D eigenvalue weighted by Gasteiger charge is -2.37. The molecule has 158 valence electrons.